The molecule has 0 N–H and O–H groups in total. The van der Waals surface area contributed by atoms with Crippen LogP contribution in [0.5, 0.6) is 5.75 Å². The van der Waals surface area contributed by atoms with Crippen molar-refractivity contribution in [3.63, 3.8) is 0 Å². The molecule has 3 heterocycles. The zero-order valence-corrected chi connectivity index (χ0v) is 24.5. The number of unbranched alkanes of at least 4 members (excludes halogenated alkanes) is 2. The Balaban J connectivity index is 1.25. The molecule has 8 heteroatoms. The van der Waals surface area contributed by atoms with E-state index < -0.39 is 0 Å². The first-order valence-electron chi connectivity index (χ1n) is 14.4. The minimum absolute atomic E-state index is 0.202. The van der Waals surface area contributed by atoms with Crippen LogP contribution >= 0.6 is 11.3 Å². The van der Waals surface area contributed by atoms with E-state index in [-0.39, 0.29) is 5.56 Å². The monoisotopic (exact) mass is 583 g/mol. The third-order valence-corrected chi connectivity index (χ3v) is 8.34. The summed E-state index contributed by atoms with van der Waals surface area (Å²) in [5.41, 5.74) is 4.19. The Kier molecular flexibility index (Phi) is 7.27. The first-order valence-corrected chi connectivity index (χ1v) is 15.3. The van der Waals surface area contributed by atoms with Gasteiger partial charge < -0.3 is 4.74 Å². The highest BCUT2D eigenvalue weighted by atomic mass is 32.1. The predicted octanol–water partition coefficient (Wildman–Crippen LogP) is 6.94. The van der Waals surface area contributed by atoms with E-state index in [1.807, 2.05) is 83.7 Å². The topological polar surface area (TPSA) is 74.3 Å². The van der Waals surface area contributed by atoms with Gasteiger partial charge in [0.15, 0.2) is 5.82 Å². The zero-order valence-electron chi connectivity index (χ0n) is 23.7. The fraction of sp³-hybridized carbons (Fsp3) is 0.143. The lowest BCUT2D eigenvalue weighted by molar-refractivity contribution is 0.306. The quantitative estimate of drug-likeness (QED) is 0.172. The van der Waals surface area contributed by atoms with Crippen molar-refractivity contribution in [2.75, 3.05) is 6.61 Å². The van der Waals surface area contributed by atoms with Crippen LogP contribution < -0.4 is 14.8 Å². The van der Waals surface area contributed by atoms with Crippen molar-refractivity contribution < 1.29 is 4.74 Å². The van der Waals surface area contributed by atoms with Gasteiger partial charge in [-0.25, -0.2) is 4.68 Å². The van der Waals surface area contributed by atoms with Gasteiger partial charge in [0, 0.05) is 22.9 Å². The third-order valence-electron chi connectivity index (χ3n) is 7.38. The molecule has 0 fully saturated rings. The number of thiazole rings is 1. The van der Waals surface area contributed by atoms with Crippen LogP contribution in [-0.4, -0.2) is 31.0 Å². The largest absolute Gasteiger partial charge is 0.494 e. The Hall–Kier alpha value is -5.08. The highest BCUT2D eigenvalue weighted by Crippen LogP contribution is 2.28. The van der Waals surface area contributed by atoms with E-state index in [2.05, 4.69) is 47.3 Å². The maximum atomic E-state index is 13.5. The Labute approximate surface area is 252 Å². The van der Waals surface area contributed by atoms with E-state index in [1.54, 1.807) is 0 Å². The molecule has 7 rings (SSSR count). The van der Waals surface area contributed by atoms with Crippen molar-refractivity contribution in [3.05, 3.63) is 124 Å². The second-order valence-electron chi connectivity index (χ2n) is 10.4. The van der Waals surface area contributed by atoms with Gasteiger partial charge in [-0.15, -0.1) is 5.10 Å². The van der Waals surface area contributed by atoms with E-state index in [9.17, 15) is 4.79 Å². The molecule has 0 bridgehead atoms. The number of hydrogen-bond donors (Lipinski definition) is 0. The first kappa shape index (κ1) is 26.8. The molecule has 0 unspecified atom stereocenters. The van der Waals surface area contributed by atoms with E-state index in [1.165, 1.54) is 15.9 Å². The smallest absolute Gasteiger partial charge is 0.291 e. The second-order valence-corrected chi connectivity index (χ2v) is 11.4. The fourth-order valence-corrected chi connectivity index (χ4v) is 6.01. The minimum Gasteiger partial charge on any atom is -0.494 e. The van der Waals surface area contributed by atoms with Crippen molar-refractivity contribution in [2.24, 2.45) is 0 Å². The van der Waals surface area contributed by atoms with Crippen LogP contribution in [0.2, 0.25) is 0 Å². The van der Waals surface area contributed by atoms with E-state index in [0.29, 0.717) is 21.9 Å². The third kappa shape index (κ3) is 5.45. The number of hydrogen-bond acceptors (Lipinski definition) is 6. The van der Waals surface area contributed by atoms with Crippen molar-refractivity contribution in [3.8, 4) is 34.1 Å². The zero-order chi connectivity index (χ0) is 29.2. The van der Waals surface area contributed by atoms with Crippen LogP contribution in [0.3, 0.4) is 0 Å². The minimum atomic E-state index is -0.202. The molecule has 0 aliphatic carbocycles. The molecule has 0 aliphatic rings. The molecule has 0 atom stereocenters. The first-order chi connectivity index (χ1) is 21.2. The van der Waals surface area contributed by atoms with Crippen LogP contribution in [-0.2, 0) is 0 Å². The molecular weight excluding hydrogens is 554 g/mol. The Morgan fingerprint density at radius 3 is 2.40 bits per heavy atom. The molecule has 4 aromatic carbocycles. The van der Waals surface area contributed by atoms with E-state index in [0.717, 1.165) is 63.9 Å². The molecular formula is C35H29N5O2S. The lowest BCUT2D eigenvalue weighted by Crippen LogP contribution is -2.23. The summed E-state index contributed by atoms with van der Waals surface area (Å²) in [6.07, 6.45) is 7.22. The van der Waals surface area contributed by atoms with Crippen molar-refractivity contribution in [1.29, 1.82) is 0 Å². The molecule has 7 aromatic rings. The summed E-state index contributed by atoms with van der Waals surface area (Å²) in [6, 6.07) is 32.2. The Bertz CT molecular complexity index is 2150. The van der Waals surface area contributed by atoms with Gasteiger partial charge in [-0.1, -0.05) is 85.7 Å². The number of para-hydroxylation sites is 1. The average molecular weight is 584 g/mol. The maximum absolute atomic E-state index is 13.5. The van der Waals surface area contributed by atoms with Crippen LogP contribution in [0.15, 0.2) is 108 Å². The predicted molar refractivity (Wildman–Crippen MR) is 173 cm³/mol. The molecule has 0 radical (unpaired) electrons. The molecule has 0 saturated carbocycles. The number of benzene rings is 4. The standard InChI is InChI=1S/C35H29N5O2S/c1-2-3-9-20-42-30-18-16-25(17-19-30)33-36-35-40(38-33)34(41)31(43-35)22-28-23-39(29-12-5-4-6-13-29)37-32(28)27-15-14-24-10-7-8-11-26(24)21-27/h4-8,10-19,21-23H,2-3,9,20H2,1H3. The lowest BCUT2D eigenvalue weighted by Gasteiger charge is -2.05. The maximum Gasteiger partial charge on any atom is 0.291 e. The van der Waals surface area contributed by atoms with Gasteiger partial charge in [-0.2, -0.15) is 14.6 Å². The molecule has 3 aromatic heterocycles. The van der Waals surface area contributed by atoms with Crippen LogP contribution in [0.1, 0.15) is 31.7 Å². The summed E-state index contributed by atoms with van der Waals surface area (Å²) < 4.78 is 9.61. The number of nitrogens with zero attached hydrogens (tertiary/aromatic N) is 5. The molecule has 0 aliphatic heterocycles. The normalized spacial score (nSPS) is 12.0. The number of ether oxygens (including phenoxy) is 1. The highest BCUT2D eigenvalue weighted by Gasteiger charge is 2.15. The van der Waals surface area contributed by atoms with Gasteiger partial charge in [-0.3, -0.25) is 4.79 Å². The summed E-state index contributed by atoms with van der Waals surface area (Å²) in [7, 11) is 0. The highest BCUT2D eigenvalue weighted by molar-refractivity contribution is 7.15. The molecule has 0 saturated heterocycles. The number of aromatic nitrogens is 5. The van der Waals surface area contributed by atoms with Crippen LogP contribution in [0, 0.1) is 0 Å². The summed E-state index contributed by atoms with van der Waals surface area (Å²) in [5.74, 6) is 1.33. The van der Waals surface area contributed by atoms with Gasteiger partial charge in [-0.05, 0) is 65.7 Å². The second kappa shape index (κ2) is 11.7. The molecule has 0 amide bonds. The van der Waals surface area contributed by atoms with E-state index >= 15 is 0 Å². The van der Waals surface area contributed by atoms with Gasteiger partial charge in [0.2, 0.25) is 4.96 Å². The molecule has 43 heavy (non-hydrogen) atoms. The average Bonchev–Trinajstić information content (AvgIpc) is 3.75. The number of fused-ring (bicyclic) bond motifs is 2. The molecule has 212 valence electrons. The van der Waals surface area contributed by atoms with Crippen LogP contribution in [0.4, 0.5) is 0 Å². The summed E-state index contributed by atoms with van der Waals surface area (Å²) >= 11 is 1.32. The molecule has 0 spiro atoms. The lowest BCUT2D eigenvalue weighted by atomic mass is 10.0. The SMILES string of the molecule is CCCCCOc1ccc(-c2nc3sc(=Cc4cn(-c5ccccc5)nc4-c4ccc5ccccc5c4)c(=O)n3n2)cc1. The summed E-state index contributed by atoms with van der Waals surface area (Å²) in [6.45, 7) is 2.88. The van der Waals surface area contributed by atoms with Gasteiger partial charge >= 0.3 is 0 Å². The summed E-state index contributed by atoms with van der Waals surface area (Å²) in [5, 5.41) is 11.8. The Morgan fingerprint density at radius 2 is 1.60 bits per heavy atom. The van der Waals surface area contributed by atoms with Gasteiger partial charge in [0.05, 0.1) is 16.8 Å². The van der Waals surface area contributed by atoms with Crippen molar-refractivity contribution in [2.45, 2.75) is 26.2 Å². The van der Waals surface area contributed by atoms with Gasteiger partial charge in [0.25, 0.3) is 5.56 Å². The van der Waals surface area contributed by atoms with E-state index in [4.69, 9.17) is 9.84 Å². The van der Waals surface area contributed by atoms with Crippen molar-refractivity contribution in [1.82, 2.24) is 24.4 Å². The van der Waals surface area contributed by atoms with Gasteiger partial charge in [0.1, 0.15) is 11.4 Å². The fourth-order valence-electron chi connectivity index (χ4n) is 5.11. The van der Waals surface area contributed by atoms with Crippen LogP contribution in [0.25, 0.3) is 50.1 Å². The Morgan fingerprint density at radius 1 is 0.837 bits per heavy atom. The number of rotatable bonds is 9. The van der Waals surface area contributed by atoms with Crippen molar-refractivity contribution >= 4 is 33.1 Å². The molecule has 7 nitrogen and oxygen atoms in total. The summed E-state index contributed by atoms with van der Waals surface area (Å²) in [4.78, 5) is 18.7.